The molecule has 0 bridgehead atoms. The number of thiazole rings is 1. The molecule has 174 valence electrons. The van der Waals surface area contributed by atoms with Crippen molar-refractivity contribution in [1.29, 1.82) is 0 Å². The minimum absolute atomic E-state index is 0.0735. The predicted molar refractivity (Wildman–Crippen MR) is 132 cm³/mol. The average Bonchev–Trinajstić information content (AvgIpc) is 3.20. The van der Waals surface area contributed by atoms with E-state index in [1.807, 2.05) is 36.6 Å². The van der Waals surface area contributed by atoms with Gasteiger partial charge >= 0.3 is 0 Å². The number of benzene rings is 2. The number of anilines is 2. The van der Waals surface area contributed by atoms with E-state index in [0.717, 1.165) is 22.9 Å². The van der Waals surface area contributed by atoms with Crippen molar-refractivity contribution in [2.45, 2.75) is 26.3 Å². The number of hydrogen-bond acceptors (Lipinski definition) is 6. The van der Waals surface area contributed by atoms with Gasteiger partial charge in [0.25, 0.3) is 0 Å². The molecule has 1 atom stereocenters. The maximum Gasteiger partial charge on any atom is 0.231 e. The number of sulfonamides is 1. The Bertz CT molecular complexity index is 1240. The van der Waals surface area contributed by atoms with Crippen LogP contribution in [0.4, 0.5) is 10.8 Å². The molecule has 0 aliphatic rings. The first kappa shape index (κ1) is 24.4. The van der Waals surface area contributed by atoms with Crippen molar-refractivity contribution in [2.24, 2.45) is 0 Å². The van der Waals surface area contributed by atoms with Crippen LogP contribution in [-0.2, 0) is 19.6 Å². The van der Waals surface area contributed by atoms with Crippen LogP contribution >= 0.6 is 11.3 Å². The number of rotatable bonds is 8. The van der Waals surface area contributed by atoms with E-state index in [2.05, 4.69) is 15.6 Å². The van der Waals surface area contributed by atoms with Crippen LogP contribution in [0.5, 0.6) is 0 Å². The van der Waals surface area contributed by atoms with Gasteiger partial charge in [0.2, 0.25) is 21.8 Å². The Morgan fingerprint density at radius 2 is 1.73 bits per heavy atom. The molecule has 3 rings (SSSR count). The Morgan fingerprint density at radius 1 is 1.09 bits per heavy atom. The number of hydrogen-bond donors (Lipinski definition) is 2. The number of carbonyl (C=O) groups excluding carboxylic acids is 2. The first-order valence-corrected chi connectivity index (χ1v) is 12.9. The van der Waals surface area contributed by atoms with Crippen molar-refractivity contribution in [3.63, 3.8) is 0 Å². The molecule has 0 saturated carbocycles. The van der Waals surface area contributed by atoms with Crippen LogP contribution in [0.3, 0.4) is 0 Å². The molecule has 8 nitrogen and oxygen atoms in total. The lowest BCUT2D eigenvalue weighted by molar-refractivity contribution is -0.120. The number of amides is 2. The third-order valence-electron chi connectivity index (χ3n) is 5.02. The smallest absolute Gasteiger partial charge is 0.231 e. The number of aromatic nitrogens is 1. The summed E-state index contributed by atoms with van der Waals surface area (Å²) in [6.45, 7) is 3.40. The molecule has 0 saturated heterocycles. The predicted octanol–water partition coefficient (Wildman–Crippen LogP) is 3.72. The number of nitrogens with one attached hydrogen (secondary N) is 2. The van der Waals surface area contributed by atoms with Gasteiger partial charge in [-0.3, -0.25) is 13.9 Å². The summed E-state index contributed by atoms with van der Waals surface area (Å²) in [6, 6.07) is 14.2. The fourth-order valence-electron chi connectivity index (χ4n) is 3.15. The summed E-state index contributed by atoms with van der Waals surface area (Å²) in [4.78, 5) is 28.7. The Hall–Kier alpha value is -3.24. The second-order valence-corrected chi connectivity index (χ2v) is 10.6. The van der Waals surface area contributed by atoms with Gasteiger partial charge in [-0.2, -0.15) is 0 Å². The van der Waals surface area contributed by atoms with E-state index in [1.165, 1.54) is 29.6 Å². The molecule has 1 unspecified atom stereocenters. The topological polar surface area (TPSA) is 108 Å². The van der Waals surface area contributed by atoms with Crippen molar-refractivity contribution in [3.05, 3.63) is 65.0 Å². The molecule has 1 heterocycles. The highest BCUT2D eigenvalue weighted by atomic mass is 32.2. The van der Waals surface area contributed by atoms with Gasteiger partial charge in [0, 0.05) is 24.9 Å². The van der Waals surface area contributed by atoms with Crippen molar-refractivity contribution in [3.8, 4) is 11.3 Å². The van der Waals surface area contributed by atoms with Crippen LogP contribution in [0.1, 0.15) is 30.5 Å². The van der Waals surface area contributed by atoms with Crippen molar-refractivity contribution < 1.29 is 18.0 Å². The third-order valence-corrected chi connectivity index (χ3v) is 6.98. The summed E-state index contributed by atoms with van der Waals surface area (Å²) in [7, 11) is -1.84. The zero-order valence-electron chi connectivity index (χ0n) is 18.8. The summed E-state index contributed by atoms with van der Waals surface area (Å²) >= 11 is 1.29. The summed E-state index contributed by atoms with van der Waals surface area (Å²) in [6.07, 6.45) is 1.22. The number of carbonyl (C=O) groups is 2. The molecule has 2 aromatic carbocycles. The molecule has 0 aliphatic carbocycles. The van der Waals surface area contributed by atoms with E-state index in [1.54, 1.807) is 24.3 Å². The molecule has 3 aromatic rings. The number of nitrogens with zero attached hydrogens (tertiary/aromatic N) is 2. The molecule has 2 amide bonds. The molecule has 0 aliphatic heterocycles. The van der Waals surface area contributed by atoms with E-state index in [9.17, 15) is 18.0 Å². The molecule has 0 spiro atoms. The van der Waals surface area contributed by atoms with E-state index in [4.69, 9.17) is 0 Å². The largest absolute Gasteiger partial charge is 0.349 e. The van der Waals surface area contributed by atoms with E-state index < -0.39 is 16.1 Å². The highest BCUT2D eigenvalue weighted by Crippen LogP contribution is 2.28. The third kappa shape index (κ3) is 6.62. The summed E-state index contributed by atoms with van der Waals surface area (Å²) < 4.78 is 24.6. The van der Waals surface area contributed by atoms with Gasteiger partial charge in [-0.05, 0) is 24.6 Å². The summed E-state index contributed by atoms with van der Waals surface area (Å²) in [5.41, 5.74) is 3.96. The lowest BCUT2D eigenvalue weighted by atomic mass is 10.0. The van der Waals surface area contributed by atoms with Gasteiger partial charge in [0.05, 0.1) is 30.1 Å². The van der Waals surface area contributed by atoms with Crippen LogP contribution < -0.4 is 14.9 Å². The minimum atomic E-state index is -3.34. The fraction of sp³-hybridized carbons (Fsp3) is 0.261. The first-order chi connectivity index (χ1) is 15.5. The Kier molecular flexibility index (Phi) is 7.50. The van der Waals surface area contributed by atoms with Crippen LogP contribution in [0.2, 0.25) is 0 Å². The SMILES string of the molecule is CC(=O)NC(CC(=O)Nc1nc(-c2ccc(N(C)S(C)(=O)=O)cc2)cs1)c1ccc(C)cc1. The second-order valence-electron chi connectivity index (χ2n) is 7.73. The van der Waals surface area contributed by atoms with Gasteiger partial charge in [-0.1, -0.05) is 42.0 Å². The fourth-order valence-corrected chi connectivity index (χ4v) is 4.39. The second kappa shape index (κ2) is 10.1. The lowest BCUT2D eigenvalue weighted by Crippen LogP contribution is -2.29. The Balaban J connectivity index is 1.68. The minimum Gasteiger partial charge on any atom is -0.349 e. The zero-order valence-corrected chi connectivity index (χ0v) is 20.5. The molecule has 33 heavy (non-hydrogen) atoms. The first-order valence-electron chi connectivity index (χ1n) is 10.2. The normalized spacial score (nSPS) is 12.1. The van der Waals surface area contributed by atoms with Crippen molar-refractivity contribution >= 4 is 44.0 Å². The monoisotopic (exact) mass is 486 g/mol. The maximum absolute atomic E-state index is 12.6. The summed E-state index contributed by atoms with van der Waals surface area (Å²) in [5, 5.41) is 7.88. The van der Waals surface area contributed by atoms with Crippen LogP contribution in [0.25, 0.3) is 11.3 Å². The molecule has 0 fully saturated rings. The van der Waals surface area contributed by atoms with Crippen LogP contribution in [-0.4, -0.2) is 38.5 Å². The summed E-state index contributed by atoms with van der Waals surface area (Å²) in [5.74, 6) is -0.477. The van der Waals surface area contributed by atoms with Gasteiger partial charge < -0.3 is 10.6 Å². The molecule has 0 radical (unpaired) electrons. The molecular formula is C23H26N4O4S2. The maximum atomic E-state index is 12.6. The van der Waals surface area contributed by atoms with Crippen LogP contribution in [0, 0.1) is 6.92 Å². The van der Waals surface area contributed by atoms with Gasteiger partial charge in [0.15, 0.2) is 5.13 Å². The van der Waals surface area contributed by atoms with Gasteiger partial charge in [0.1, 0.15) is 0 Å². The highest BCUT2D eigenvalue weighted by molar-refractivity contribution is 7.92. The Labute approximate surface area is 197 Å². The lowest BCUT2D eigenvalue weighted by Gasteiger charge is -2.18. The van der Waals surface area contributed by atoms with E-state index in [-0.39, 0.29) is 18.2 Å². The molecule has 1 aromatic heterocycles. The molecular weight excluding hydrogens is 460 g/mol. The molecule has 2 N–H and O–H groups in total. The zero-order chi connectivity index (χ0) is 24.2. The standard InChI is InChI=1S/C23H26N4O4S2/c1-15-5-7-17(8-6-15)20(24-16(2)28)13-22(29)26-23-25-21(14-32-23)18-9-11-19(12-10-18)27(3)33(4,30)31/h5-12,14,20H,13H2,1-4H3,(H,24,28)(H,25,26,29). The van der Waals surface area contributed by atoms with Gasteiger partial charge in [-0.15, -0.1) is 11.3 Å². The van der Waals surface area contributed by atoms with Gasteiger partial charge in [-0.25, -0.2) is 13.4 Å². The molecule has 10 heteroatoms. The van der Waals surface area contributed by atoms with E-state index in [0.29, 0.717) is 16.5 Å². The van der Waals surface area contributed by atoms with Crippen LogP contribution in [0.15, 0.2) is 53.9 Å². The van der Waals surface area contributed by atoms with Crippen molar-refractivity contribution in [1.82, 2.24) is 10.3 Å². The highest BCUT2D eigenvalue weighted by Gasteiger charge is 2.18. The Morgan fingerprint density at radius 3 is 2.30 bits per heavy atom. The van der Waals surface area contributed by atoms with E-state index >= 15 is 0 Å². The van der Waals surface area contributed by atoms with Crippen molar-refractivity contribution in [2.75, 3.05) is 22.9 Å². The average molecular weight is 487 g/mol. The quantitative estimate of drug-likeness (QED) is 0.504. The number of aryl methyl sites for hydroxylation is 1.